The lowest BCUT2D eigenvalue weighted by molar-refractivity contribution is -0.126. The van der Waals surface area contributed by atoms with Gasteiger partial charge in [-0.15, -0.1) is 0 Å². The minimum absolute atomic E-state index is 0.0202. The molecule has 3 nitrogen and oxygen atoms in total. The van der Waals surface area contributed by atoms with Gasteiger partial charge in [0.05, 0.1) is 11.5 Å². The fourth-order valence-corrected chi connectivity index (χ4v) is 2.91. The first-order chi connectivity index (χ1) is 11.0. The Balaban J connectivity index is 1.86. The van der Waals surface area contributed by atoms with E-state index in [1.807, 2.05) is 75.5 Å². The Bertz CT molecular complexity index is 818. The van der Waals surface area contributed by atoms with Gasteiger partial charge in [-0.05, 0) is 38.0 Å². The van der Waals surface area contributed by atoms with Gasteiger partial charge in [-0.2, -0.15) is 0 Å². The Labute approximate surface area is 136 Å². The van der Waals surface area contributed by atoms with Gasteiger partial charge in [0.2, 0.25) is 5.91 Å². The van der Waals surface area contributed by atoms with Crippen LogP contribution in [0.25, 0.3) is 10.9 Å². The molecular weight excluding hydrogens is 284 g/mol. The third kappa shape index (κ3) is 2.87. The molecule has 0 saturated carbocycles. The molecule has 3 aromatic rings. The van der Waals surface area contributed by atoms with Crippen LogP contribution in [0, 0.1) is 0 Å². The molecule has 0 saturated heterocycles. The first-order valence-corrected chi connectivity index (χ1v) is 7.92. The van der Waals surface area contributed by atoms with Crippen molar-refractivity contribution in [3.8, 4) is 0 Å². The summed E-state index contributed by atoms with van der Waals surface area (Å²) in [4.78, 5) is 16.1. The summed E-state index contributed by atoms with van der Waals surface area (Å²) in [6, 6.07) is 18.1. The van der Waals surface area contributed by atoms with Crippen molar-refractivity contribution in [1.29, 1.82) is 0 Å². The standard InChI is InChI=1S/C20H22N2O/c1-14(15-9-5-4-6-10-15)22-19(23)20(2,3)17-13-21-18-12-8-7-11-16(17)18/h4-14,21H,1-3H3,(H,22,23). The van der Waals surface area contributed by atoms with Gasteiger partial charge in [0.15, 0.2) is 0 Å². The molecule has 118 valence electrons. The number of para-hydroxylation sites is 1. The number of carbonyl (C=O) groups excluding carboxylic acids is 1. The maximum Gasteiger partial charge on any atom is 0.230 e. The number of fused-ring (bicyclic) bond motifs is 1. The summed E-state index contributed by atoms with van der Waals surface area (Å²) in [7, 11) is 0. The highest BCUT2D eigenvalue weighted by Crippen LogP contribution is 2.31. The van der Waals surface area contributed by atoms with Gasteiger partial charge in [0.25, 0.3) is 0 Å². The second-order valence-corrected chi connectivity index (χ2v) is 6.48. The first-order valence-electron chi connectivity index (χ1n) is 7.92. The molecule has 1 aromatic heterocycles. The number of hydrogen-bond acceptors (Lipinski definition) is 1. The number of hydrogen-bond donors (Lipinski definition) is 2. The highest BCUT2D eigenvalue weighted by atomic mass is 16.2. The summed E-state index contributed by atoms with van der Waals surface area (Å²) in [6.45, 7) is 5.95. The van der Waals surface area contributed by atoms with Gasteiger partial charge < -0.3 is 10.3 Å². The van der Waals surface area contributed by atoms with Crippen molar-refractivity contribution < 1.29 is 4.79 Å². The minimum atomic E-state index is -0.608. The maximum atomic E-state index is 12.9. The molecule has 0 aliphatic heterocycles. The molecule has 1 unspecified atom stereocenters. The van der Waals surface area contributed by atoms with Crippen molar-refractivity contribution in [2.75, 3.05) is 0 Å². The monoisotopic (exact) mass is 306 g/mol. The van der Waals surface area contributed by atoms with E-state index in [0.29, 0.717) is 0 Å². The van der Waals surface area contributed by atoms with E-state index in [9.17, 15) is 4.79 Å². The quantitative estimate of drug-likeness (QED) is 0.740. The molecule has 0 aliphatic rings. The van der Waals surface area contributed by atoms with Crippen molar-refractivity contribution >= 4 is 16.8 Å². The van der Waals surface area contributed by atoms with Gasteiger partial charge in [-0.25, -0.2) is 0 Å². The molecule has 23 heavy (non-hydrogen) atoms. The lowest BCUT2D eigenvalue weighted by Gasteiger charge is -2.26. The van der Waals surface area contributed by atoms with E-state index < -0.39 is 5.41 Å². The molecule has 0 bridgehead atoms. The molecule has 0 aliphatic carbocycles. The largest absolute Gasteiger partial charge is 0.361 e. The number of aromatic amines is 1. The third-order valence-electron chi connectivity index (χ3n) is 4.48. The zero-order chi connectivity index (χ0) is 16.4. The van der Waals surface area contributed by atoms with Crippen molar-refractivity contribution in [2.24, 2.45) is 0 Å². The molecule has 0 radical (unpaired) electrons. The highest BCUT2D eigenvalue weighted by Gasteiger charge is 2.32. The molecule has 0 spiro atoms. The zero-order valence-electron chi connectivity index (χ0n) is 13.8. The van der Waals surface area contributed by atoms with Crippen LogP contribution in [0.3, 0.4) is 0 Å². The third-order valence-corrected chi connectivity index (χ3v) is 4.48. The van der Waals surface area contributed by atoms with E-state index in [4.69, 9.17) is 0 Å². The van der Waals surface area contributed by atoms with Crippen LogP contribution >= 0.6 is 0 Å². The SMILES string of the molecule is CC(NC(=O)C(C)(C)c1c[nH]c2ccccc12)c1ccccc1. The van der Waals surface area contributed by atoms with Crippen LogP contribution in [0.4, 0.5) is 0 Å². The van der Waals surface area contributed by atoms with E-state index in [1.165, 1.54) is 0 Å². The van der Waals surface area contributed by atoms with Gasteiger partial charge in [0.1, 0.15) is 0 Å². The van der Waals surface area contributed by atoms with Crippen LogP contribution in [0.1, 0.15) is 37.9 Å². The second kappa shape index (κ2) is 5.92. The molecule has 3 heteroatoms. The second-order valence-electron chi connectivity index (χ2n) is 6.48. The Hall–Kier alpha value is -2.55. The fraction of sp³-hybridized carbons (Fsp3) is 0.250. The summed E-state index contributed by atoms with van der Waals surface area (Å²) in [5, 5.41) is 4.23. The molecule has 1 amide bonds. The summed E-state index contributed by atoms with van der Waals surface area (Å²) in [5.74, 6) is 0.0265. The number of benzene rings is 2. The van der Waals surface area contributed by atoms with Crippen LogP contribution in [0.15, 0.2) is 60.8 Å². The highest BCUT2D eigenvalue weighted by molar-refractivity contribution is 5.94. The Morgan fingerprint density at radius 3 is 2.43 bits per heavy atom. The molecular formula is C20H22N2O. The molecule has 1 atom stereocenters. The minimum Gasteiger partial charge on any atom is -0.361 e. The van der Waals surface area contributed by atoms with Crippen molar-refractivity contribution in [2.45, 2.75) is 32.2 Å². The lowest BCUT2D eigenvalue weighted by Crippen LogP contribution is -2.41. The maximum absolute atomic E-state index is 12.9. The summed E-state index contributed by atoms with van der Waals surface area (Å²) < 4.78 is 0. The summed E-state index contributed by atoms with van der Waals surface area (Å²) in [6.07, 6.45) is 1.94. The predicted octanol–water partition coefficient (Wildman–Crippen LogP) is 4.32. The van der Waals surface area contributed by atoms with Gasteiger partial charge in [-0.1, -0.05) is 48.5 Å². The van der Waals surface area contributed by atoms with E-state index in [0.717, 1.165) is 22.0 Å². The molecule has 0 fully saturated rings. The molecule has 3 rings (SSSR count). The number of carbonyl (C=O) groups is 1. The number of amides is 1. The van der Waals surface area contributed by atoms with Crippen LogP contribution in [-0.2, 0) is 10.2 Å². The van der Waals surface area contributed by atoms with Gasteiger partial charge >= 0.3 is 0 Å². The Morgan fingerprint density at radius 1 is 1.04 bits per heavy atom. The van der Waals surface area contributed by atoms with Crippen LogP contribution in [0.2, 0.25) is 0 Å². The number of H-pyrrole nitrogens is 1. The molecule has 2 aromatic carbocycles. The molecule has 2 N–H and O–H groups in total. The van der Waals surface area contributed by atoms with E-state index >= 15 is 0 Å². The van der Waals surface area contributed by atoms with E-state index in [-0.39, 0.29) is 11.9 Å². The topological polar surface area (TPSA) is 44.9 Å². The van der Waals surface area contributed by atoms with Crippen molar-refractivity contribution in [1.82, 2.24) is 10.3 Å². The lowest BCUT2D eigenvalue weighted by atomic mass is 9.83. The van der Waals surface area contributed by atoms with Crippen LogP contribution < -0.4 is 5.32 Å². The van der Waals surface area contributed by atoms with E-state index in [2.05, 4.69) is 16.4 Å². The predicted molar refractivity (Wildman–Crippen MR) is 94.3 cm³/mol. The fourth-order valence-electron chi connectivity index (χ4n) is 2.91. The van der Waals surface area contributed by atoms with Crippen molar-refractivity contribution in [3.63, 3.8) is 0 Å². The zero-order valence-corrected chi connectivity index (χ0v) is 13.8. The smallest absolute Gasteiger partial charge is 0.230 e. The summed E-state index contributed by atoms with van der Waals surface area (Å²) in [5.41, 5.74) is 2.57. The average molecular weight is 306 g/mol. The summed E-state index contributed by atoms with van der Waals surface area (Å²) >= 11 is 0. The number of rotatable bonds is 4. The van der Waals surface area contributed by atoms with Gasteiger partial charge in [-0.3, -0.25) is 4.79 Å². The number of nitrogens with one attached hydrogen (secondary N) is 2. The first kappa shape index (κ1) is 15.3. The van der Waals surface area contributed by atoms with Crippen LogP contribution in [0.5, 0.6) is 0 Å². The Morgan fingerprint density at radius 2 is 1.70 bits per heavy atom. The van der Waals surface area contributed by atoms with Crippen LogP contribution in [-0.4, -0.2) is 10.9 Å². The molecule has 1 heterocycles. The Kier molecular flexibility index (Phi) is 3.95. The average Bonchev–Trinajstić information content (AvgIpc) is 3.00. The normalized spacial score (nSPS) is 13.0. The van der Waals surface area contributed by atoms with E-state index in [1.54, 1.807) is 0 Å². The number of aromatic nitrogens is 1. The van der Waals surface area contributed by atoms with Crippen molar-refractivity contribution in [3.05, 3.63) is 71.9 Å². The van der Waals surface area contributed by atoms with Gasteiger partial charge in [0, 0.05) is 17.1 Å².